The summed E-state index contributed by atoms with van der Waals surface area (Å²) in [5, 5.41) is 9.15. The molecule has 0 heterocycles. The molecule has 6 heteroatoms. The van der Waals surface area contributed by atoms with E-state index in [4.69, 9.17) is 10.8 Å². The molecule has 0 aliphatic carbocycles. The summed E-state index contributed by atoms with van der Waals surface area (Å²) >= 11 is 4.59. The van der Waals surface area contributed by atoms with Crippen molar-refractivity contribution >= 4 is 39.3 Å². The van der Waals surface area contributed by atoms with Crippen molar-refractivity contribution < 1.29 is 14.3 Å². The van der Waals surface area contributed by atoms with Crippen molar-refractivity contribution in [2.24, 2.45) is 0 Å². The summed E-state index contributed by atoms with van der Waals surface area (Å²) in [6, 6.07) is 9.95. The smallest absolute Gasteiger partial charge is 0.339 e. The molecule has 0 radical (unpaired) electrons. The van der Waals surface area contributed by atoms with E-state index in [0.717, 1.165) is 9.37 Å². The molecule has 19 heavy (non-hydrogen) atoms. The van der Waals surface area contributed by atoms with Crippen LogP contribution in [0.25, 0.3) is 0 Å². The SMILES string of the molecule is Nc1c(F)ccc(Sc2ccccc2Br)c1C(=O)O. The van der Waals surface area contributed by atoms with Gasteiger partial charge in [-0.15, -0.1) is 0 Å². The summed E-state index contributed by atoms with van der Waals surface area (Å²) in [5.41, 5.74) is 4.94. The zero-order valence-corrected chi connectivity index (χ0v) is 12.0. The lowest BCUT2D eigenvalue weighted by Crippen LogP contribution is -2.06. The maximum absolute atomic E-state index is 13.3. The number of benzene rings is 2. The lowest BCUT2D eigenvalue weighted by atomic mass is 10.2. The van der Waals surface area contributed by atoms with E-state index in [2.05, 4.69) is 15.9 Å². The van der Waals surface area contributed by atoms with E-state index in [1.807, 2.05) is 24.3 Å². The van der Waals surface area contributed by atoms with Gasteiger partial charge in [0.05, 0.1) is 11.3 Å². The Hall–Kier alpha value is -1.53. The number of carboxylic acid groups (broad SMARTS) is 1. The van der Waals surface area contributed by atoms with Crippen molar-refractivity contribution in [3.63, 3.8) is 0 Å². The third-order valence-corrected chi connectivity index (χ3v) is 4.51. The highest BCUT2D eigenvalue weighted by Gasteiger charge is 2.18. The van der Waals surface area contributed by atoms with E-state index in [1.54, 1.807) is 0 Å². The van der Waals surface area contributed by atoms with Crippen molar-refractivity contribution in [3.8, 4) is 0 Å². The molecular formula is C13H9BrFNO2S. The number of carbonyl (C=O) groups is 1. The van der Waals surface area contributed by atoms with Crippen LogP contribution in [0.15, 0.2) is 50.7 Å². The van der Waals surface area contributed by atoms with Crippen LogP contribution in [-0.4, -0.2) is 11.1 Å². The highest BCUT2D eigenvalue weighted by atomic mass is 79.9. The molecule has 0 bridgehead atoms. The molecule has 2 rings (SSSR count). The summed E-state index contributed by atoms with van der Waals surface area (Å²) in [6.45, 7) is 0. The zero-order valence-electron chi connectivity index (χ0n) is 9.56. The Morgan fingerprint density at radius 3 is 2.53 bits per heavy atom. The molecule has 0 saturated carbocycles. The van der Waals surface area contributed by atoms with E-state index in [0.29, 0.717) is 4.90 Å². The molecule has 0 atom stereocenters. The average Bonchev–Trinajstić information content (AvgIpc) is 2.36. The van der Waals surface area contributed by atoms with Gasteiger partial charge in [-0.25, -0.2) is 9.18 Å². The molecule has 0 aliphatic heterocycles. The first-order valence-corrected chi connectivity index (χ1v) is 6.85. The summed E-state index contributed by atoms with van der Waals surface area (Å²) < 4.78 is 14.2. The van der Waals surface area contributed by atoms with Gasteiger partial charge in [0.25, 0.3) is 0 Å². The van der Waals surface area contributed by atoms with Gasteiger partial charge >= 0.3 is 5.97 Å². The van der Waals surface area contributed by atoms with E-state index in [-0.39, 0.29) is 11.3 Å². The van der Waals surface area contributed by atoms with Crippen molar-refractivity contribution in [2.75, 3.05) is 5.73 Å². The van der Waals surface area contributed by atoms with Gasteiger partial charge in [0.15, 0.2) is 0 Å². The molecule has 98 valence electrons. The van der Waals surface area contributed by atoms with E-state index < -0.39 is 11.8 Å². The van der Waals surface area contributed by atoms with Crippen LogP contribution in [0.2, 0.25) is 0 Å². The van der Waals surface area contributed by atoms with Crippen LogP contribution in [0.1, 0.15) is 10.4 Å². The molecule has 3 nitrogen and oxygen atoms in total. The highest BCUT2D eigenvalue weighted by Crippen LogP contribution is 2.37. The van der Waals surface area contributed by atoms with Crippen LogP contribution in [0.5, 0.6) is 0 Å². The fraction of sp³-hybridized carbons (Fsp3) is 0. The maximum Gasteiger partial charge on any atom is 0.339 e. The minimum atomic E-state index is -1.24. The average molecular weight is 342 g/mol. The van der Waals surface area contributed by atoms with Crippen molar-refractivity contribution in [2.45, 2.75) is 9.79 Å². The number of hydrogen-bond donors (Lipinski definition) is 2. The molecule has 0 aromatic heterocycles. The number of nitrogen functional groups attached to an aromatic ring is 1. The Morgan fingerprint density at radius 1 is 1.21 bits per heavy atom. The van der Waals surface area contributed by atoms with Crippen LogP contribution in [0, 0.1) is 5.82 Å². The lowest BCUT2D eigenvalue weighted by Gasteiger charge is -2.10. The minimum Gasteiger partial charge on any atom is -0.478 e. The van der Waals surface area contributed by atoms with Gasteiger partial charge in [0.2, 0.25) is 0 Å². The monoisotopic (exact) mass is 341 g/mol. The number of carboxylic acids is 1. The predicted molar refractivity (Wildman–Crippen MR) is 76.0 cm³/mol. The Balaban J connectivity index is 2.49. The lowest BCUT2D eigenvalue weighted by molar-refractivity contribution is 0.0694. The molecule has 0 unspecified atom stereocenters. The Labute approximate surface area is 121 Å². The second-order valence-corrected chi connectivity index (χ2v) is 5.61. The number of halogens is 2. The van der Waals surface area contributed by atoms with Crippen molar-refractivity contribution in [3.05, 3.63) is 52.3 Å². The van der Waals surface area contributed by atoms with Gasteiger partial charge in [-0.05, 0) is 40.2 Å². The summed E-state index contributed by atoms with van der Waals surface area (Å²) in [4.78, 5) is 12.4. The molecule has 0 aliphatic rings. The molecule has 3 N–H and O–H groups in total. The third kappa shape index (κ3) is 2.90. The number of anilines is 1. The van der Waals surface area contributed by atoms with E-state index in [9.17, 15) is 9.18 Å². The minimum absolute atomic E-state index is 0.208. The van der Waals surface area contributed by atoms with Gasteiger partial charge in [-0.1, -0.05) is 23.9 Å². The van der Waals surface area contributed by atoms with Gasteiger partial charge in [-0.2, -0.15) is 0 Å². The van der Waals surface area contributed by atoms with E-state index >= 15 is 0 Å². The highest BCUT2D eigenvalue weighted by molar-refractivity contribution is 9.10. The van der Waals surface area contributed by atoms with Gasteiger partial charge in [-0.3, -0.25) is 0 Å². The Bertz CT molecular complexity index is 649. The molecule has 0 saturated heterocycles. The second kappa shape index (κ2) is 5.63. The summed E-state index contributed by atoms with van der Waals surface area (Å²) in [7, 11) is 0. The largest absolute Gasteiger partial charge is 0.478 e. The number of nitrogens with two attached hydrogens (primary N) is 1. The fourth-order valence-corrected chi connectivity index (χ4v) is 3.04. The zero-order chi connectivity index (χ0) is 14.0. The normalized spacial score (nSPS) is 10.4. The Kier molecular flexibility index (Phi) is 4.11. The number of rotatable bonds is 3. The van der Waals surface area contributed by atoms with Crippen molar-refractivity contribution in [1.82, 2.24) is 0 Å². The standard InChI is InChI=1S/C13H9BrFNO2S/c14-7-3-1-2-4-9(7)19-10-6-5-8(15)12(16)11(10)13(17)18/h1-6H,16H2,(H,17,18). The second-order valence-electron chi connectivity index (χ2n) is 3.67. The van der Waals surface area contributed by atoms with Gasteiger partial charge in [0.1, 0.15) is 5.82 Å². The molecule has 0 amide bonds. The fourth-order valence-electron chi connectivity index (χ4n) is 1.53. The quantitative estimate of drug-likeness (QED) is 0.827. The van der Waals surface area contributed by atoms with E-state index in [1.165, 1.54) is 23.9 Å². The van der Waals surface area contributed by atoms with Gasteiger partial charge < -0.3 is 10.8 Å². The first kappa shape index (κ1) is 13.9. The first-order chi connectivity index (χ1) is 9.00. The molecule has 2 aromatic carbocycles. The number of aromatic carboxylic acids is 1. The number of hydrogen-bond acceptors (Lipinski definition) is 3. The van der Waals surface area contributed by atoms with Crippen LogP contribution in [0.4, 0.5) is 10.1 Å². The Morgan fingerprint density at radius 2 is 1.89 bits per heavy atom. The van der Waals surface area contributed by atoms with Crippen molar-refractivity contribution in [1.29, 1.82) is 0 Å². The van der Waals surface area contributed by atoms with Gasteiger partial charge in [0, 0.05) is 14.3 Å². The molecule has 0 fully saturated rings. The molecular weight excluding hydrogens is 333 g/mol. The van der Waals surface area contributed by atoms with Crippen LogP contribution < -0.4 is 5.73 Å². The molecule has 0 spiro atoms. The van der Waals surface area contributed by atoms with Crippen LogP contribution in [0.3, 0.4) is 0 Å². The summed E-state index contributed by atoms with van der Waals surface area (Å²) in [5.74, 6) is -1.97. The first-order valence-electron chi connectivity index (χ1n) is 5.24. The molecule has 2 aromatic rings. The van der Waals surface area contributed by atoms with Crippen LogP contribution in [-0.2, 0) is 0 Å². The predicted octanol–water partition coefficient (Wildman–Crippen LogP) is 4.02. The summed E-state index contributed by atoms with van der Waals surface area (Å²) in [6.07, 6.45) is 0. The van der Waals surface area contributed by atoms with Crippen LogP contribution >= 0.6 is 27.7 Å². The maximum atomic E-state index is 13.3. The third-order valence-electron chi connectivity index (χ3n) is 2.42. The topological polar surface area (TPSA) is 63.3 Å².